The van der Waals surface area contributed by atoms with Crippen molar-refractivity contribution in [1.29, 1.82) is 0 Å². The van der Waals surface area contributed by atoms with E-state index in [9.17, 15) is 13.7 Å². The molecule has 0 aliphatic heterocycles. The fourth-order valence-corrected chi connectivity index (χ4v) is 1.42. The van der Waals surface area contributed by atoms with Crippen LogP contribution in [-0.4, -0.2) is 19.0 Å². The van der Waals surface area contributed by atoms with E-state index in [0.29, 0.717) is 0 Å². The maximum Gasteiger partial charge on any atom is 0.353 e. The first kappa shape index (κ1) is 19.7. The second-order valence-corrected chi connectivity index (χ2v) is 3.42. The van der Waals surface area contributed by atoms with Crippen molar-refractivity contribution in [2.24, 2.45) is 0 Å². The van der Waals surface area contributed by atoms with Crippen LogP contribution in [0.3, 0.4) is 0 Å². The van der Waals surface area contributed by atoms with Gasteiger partial charge in [-0.1, -0.05) is 0 Å². The van der Waals surface area contributed by atoms with Gasteiger partial charge in [-0.3, -0.25) is 0 Å². The Bertz CT molecular complexity index is 167. The van der Waals surface area contributed by atoms with Gasteiger partial charge in [0.2, 0.25) is 0 Å². The van der Waals surface area contributed by atoms with Crippen LogP contribution in [0.5, 0.6) is 0 Å². The Morgan fingerprint density at radius 1 is 1.23 bits per heavy atom. The molecule has 0 aromatic carbocycles. The molecule has 3 nitrogen and oxygen atoms in total. The van der Waals surface area contributed by atoms with E-state index in [-0.39, 0.29) is 49.7 Å². The molecular formula is C5H10BrF2O3PZn-. The molecule has 77 valence electrons. The van der Waals surface area contributed by atoms with E-state index in [2.05, 4.69) is 9.05 Å². The molecule has 0 heterocycles. The smallest absolute Gasteiger partial charge is 0.353 e. The molecular weight excluding hydrogens is 322 g/mol. The van der Waals surface area contributed by atoms with Crippen LogP contribution in [0.25, 0.3) is 0 Å². The molecule has 8 heteroatoms. The number of rotatable bonds is 4. The maximum absolute atomic E-state index is 11.9. The van der Waals surface area contributed by atoms with Crippen molar-refractivity contribution in [3.05, 3.63) is 0 Å². The first-order valence-corrected chi connectivity index (χ1v) is 4.68. The van der Waals surface area contributed by atoms with Crippen molar-refractivity contribution < 1.29 is 59.2 Å². The molecule has 0 bridgehead atoms. The average Bonchev–Trinajstić information content (AvgIpc) is 1.88. The van der Waals surface area contributed by atoms with Crippen LogP contribution < -0.4 is 17.0 Å². The van der Waals surface area contributed by atoms with Gasteiger partial charge in [0.1, 0.15) is 0 Å². The summed E-state index contributed by atoms with van der Waals surface area (Å²) in [5.41, 5.74) is 0. The summed E-state index contributed by atoms with van der Waals surface area (Å²) in [7, 11) is -4.21. The summed E-state index contributed by atoms with van der Waals surface area (Å²) < 4.78 is 32.3. The Balaban J connectivity index is -0.000000500. The molecule has 0 fully saturated rings. The minimum atomic E-state index is -4.21. The average molecular weight is 332 g/mol. The summed E-state index contributed by atoms with van der Waals surface area (Å²) in [4.78, 5) is 10.9. The van der Waals surface area contributed by atoms with Gasteiger partial charge in [-0.25, -0.2) is 0 Å². The first-order valence-electron chi connectivity index (χ1n) is 3.14. The van der Waals surface area contributed by atoms with Crippen molar-refractivity contribution in [1.82, 2.24) is 0 Å². The van der Waals surface area contributed by atoms with E-state index in [0.717, 1.165) is 0 Å². The van der Waals surface area contributed by atoms with E-state index in [1.807, 2.05) is 0 Å². The minimum absolute atomic E-state index is 0. The Labute approximate surface area is 99.6 Å². The Morgan fingerprint density at radius 3 is 1.69 bits per heavy atom. The van der Waals surface area contributed by atoms with E-state index in [4.69, 9.17) is 0 Å². The van der Waals surface area contributed by atoms with Crippen LogP contribution in [-0.2, 0) is 33.4 Å². The van der Waals surface area contributed by atoms with Crippen LogP contribution in [0, 0.1) is 0 Å². The molecule has 13 heavy (non-hydrogen) atoms. The summed E-state index contributed by atoms with van der Waals surface area (Å²) >= 11 is 0. The molecule has 0 rings (SSSR count). The third-order valence-corrected chi connectivity index (χ3v) is 2.42. The predicted octanol–water partition coefficient (Wildman–Crippen LogP) is -0.720. The maximum atomic E-state index is 11.9. The van der Waals surface area contributed by atoms with Crippen molar-refractivity contribution in [2.45, 2.75) is 13.8 Å². The molecule has 0 aromatic heterocycles. The largest absolute Gasteiger partial charge is 1.00 e. The zero-order valence-electron chi connectivity index (χ0n) is 7.43. The van der Waals surface area contributed by atoms with E-state index in [1.165, 1.54) is 13.8 Å². The van der Waals surface area contributed by atoms with Gasteiger partial charge in [0.05, 0.1) is 13.2 Å². The van der Waals surface area contributed by atoms with Crippen LogP contribution in [0.2, 0.25) is 0 Å². The second kappa shape index (κ2) is 9.69. The van der Waals surface area contributed by atoms with Crippen LogP contribution in [0.1, 0.15) is 13.8 Å². The van der Waals surface area contributed by atoms with Gasteiger partial charge in [0.15, 0.2) is 0 Å². The fraction of sp³-hybridized carbons (Fsp3) is 0.800. The van der Waals surface area contributed by atoms with E-state index in [1.54, 1.807) is 0 Å². The van der Waals surface area contributed by atoms with Gasteiger partial charge in [0.25, 0.3) is 0 Å². The normalized spacial score (nSPS) is 9.92. The van der Waals surface area contributed by atoms with Gasteiger partial charge in [-0.2, -0.15) is 8.78 Å². The monoisotopic (exact) mass is 330 g/mol. The molecule has 0 aromatic rings. The number of hydrogen-bond donors (Lipinski definition) is 0. The standard InChI is InChI=1S/C5H10F2O3P.BrH.Zn/c1-3-9-11(8,5(6)7)10-4-2;;/h3-4H2,1-2H3;1H;/p-1. The van der Waals surface area contributed by atoms with Crippen molar-refractivity contribution in [2.75, 3.05) is 13.2 Å². The zero-order chi connectivity index (χ0) is 8.91. The molecule has 0 unspecified atom stereocenters. The van der Waals surface area contributed by atoms with Gasteiger partial charge >= 0.3 is 13.4 Å². The van der Waals surface area contributed by atoms with E-state index >= 15 is 0 Å². The molecule has 0 N–H and O–H groups in total. The molecule has 0 saturated heterocycles. The van der Waals surface area contributed by atoms with Crippen LogP contribution in [0.15, 0.2) is 0 Å². The molecule has 1 radical (unpaired) electrons. The third-order valence-electron chi connectivity index (χ3n) is 0.805. The second-order valence-electron chi connectivity index (χ2n) is 1.57. The number of hydrogen-bond acceptors (Lipinski definition) is 2. The van der Waals surface area contributed by atoms with Gasteiger partial charge < -0.3 is 26.0 Å². The predicted molar refractivity (Wildman–Crippen MR) is 38.1 cm³/mol. The number of halogens is 3. The van der Waals surface area contributed by atoms with Gasteiger partial charge in [0, 0.05) is 19.5 Å². The quantitative estimate of drug-likeness (QED) is 0.503. The topological polar surface area (TPSA) is 38.4 Å². The third kappa shape index (κ3) is 7.12. The molecule has 0 atom stereocenters. The zero-order valence-corrected chi connectivity index (χ0v) is 12.9. The van der Waals surface area contributed by atoms with Crippen molar-refractivity contribution >= 4 is 13.4 Å². The molecule has 0 saturated carbocycles. The van der Waals surface area contributed by atoms with Crippen LogP contribution in [0.4, 0.5) is 8.78 Å². The first-order chi connectivity index (χ1) is 5.06. The molecule has 0 aliphatic carbocycles. The summed E-state index contributed by atoms with van der Waals surface area (Å²) in [6.45, 7) is 2.81. The van der Waals surface area contributed by atoms with Gasteiger partial charge in [-0.05, 0) is 13.8 Å². The molecule has 0 aliphatic rings. The Kier molecular flexibility index (Phi) is 14.7. The Morgan fingerprint density at radius 2 is 1.54 bits per heavy atom. The fourth-order valence-electron chi connectivity index (χ4n) is 0.475. The summed E-state index contributed by atoms with van der Waals surface area (Å²) in [5.74, 6) is -2.29. The minimum Gasteiger partial charge on any atom is -1.00 e. The SMILES string of the molecule is CCOP([O])(OCC)=C(F)F.[Br-].[Zn]. The van der Waals surface area contributed by atoms with Gasteiger partial charge in [-0.15, -0.1) is 4.89 Å². The summed E-state index contributed by atoms with van der Waals surface area (Å²) in [5, 5.41) is 0. The van der Waals surface area contributed by atoms with E-state index < -0.39 is 13.4 Å². The van der Waals surface area contributed by atoms with Crippen LogP contribution >= 0.6 is 7.57 Å². The summed E-state index contributed by atoms with van der Waals surface area (Å²) in [6, 6.07) is 0. The molecule has 0 amide bonds. The Hall–Kier alpha value is 1.14. The molecule has 0 spiro atoms. The van der Waals surface area contributed by atoms with Crippen molar-refractivity contribution in [3.63, 3.8) is 0 Å². The van der Waals surface area contributed by atoms with Crippen molar-refractivity contribution in [3.8, 4) is 0 Å². The summed E-state index contributed by atoms with van der Waals surface area (Å²) in [6.07, 6.45) is 0.